The largest absolute Gasteiger partial charge is 0.483 e. The van der Waals surface area contributed by atoms with Crippen molar-refractivity contribution in [2.45, 2.75) is 240 Å². The van der Waals surface area contributed by atoms with Crippen LogP contribution in [0.5, 0.6) is 0 Å². The Bertz CT molecular complexity index is 568. The molecule has 5 N–H and O–H groups in total. The monoisotopic (exact) mass is 757 g/mol. The summed E-state index contributed by atoms with van der Waals surface area (Å²) in [7, 11) is 1.00. The molecule has 0 spiro atoms. The highest BCUT2D eigenvalue weighted by Crippen LogP contribution is 2.25. The summed E-state index contributed by atoms with van der Waals surface area (Å²) in [5.41, 5.74) is 5.58. The van der Waals surface area contributed by atoms with E-state index in [0.29, 0.717) is 6.61 Å². The topological polar surface area (TPSA) is 107 Å². The van der Waals surface area contributed by atoms with E-state index in [1.807, 2.05) is 0 Å². The van der Waals surface area contributed by atoms with E-state index < -0.39 is 0 Å². The Morgan fingerprint density at radius 2 is 0.717 bits per heavy atom. The molecule has 0 radical (unpaired) electrons. The van der Waals surface area contributed by atoms with Crippen molar-refractivity contribution in [3.8, 4) is 12.8 Å². The van der Waals surface area contributed by atoms with Gasteiger partial charge in [0.05, 0.1) is 6.61 Å². The number of aliphatic hydroxyl groups excluding tert-OH is 2. The third-order valence-corrected chi connectivity index (χ3v) is 10.1. The lowest BCUT2D eigenvalue weighted by molar-refractivity contribution is -0.122. The van der Waals surface area contributed by atoms with Crippen LogP contribution in [0.1, 0.15) is 240 Å². The Morgan fingerprint density at radius 1 is 0.472 bits per heavy atom. The van der Waals surface area contributed by atoms with Crippen LogP contribution in [-0.2, 0) is 4.79 Å². The van der Waals surface area contributed by atoms with Gasteiger partial charge in [0, 0.05) is 13.7 Å². The number of carbonyl (C=O) groups is 1. The van der Waals surface area contributed by atoms with Gasteiger partial charge in [-0.15, -0.1) is 12.8 Å². The van der Waals surface area contributed by atoms with Gasteiger partial charge in [-0.25, -0.2) is 0 Å². The number of aliphatic hydroxyl groups is 2. The van der Waals surface area contributed by atoms with Crippen molar-refractivity contribution in [3.05, 3.63) is 0 Å². The Hall–Kier alpha value is -1.13. The Kier molecular flexibility index (Phi) is 75.8. The van der Waals surface area contributed by atoms with Gasteiger partial charge in [-0.3, -0.25) is 4.79 Å². The molecule has 0 aromatic heterocycles. The summed E-state index contributed by atoms with van der Waals surface area (Å²) in [5, 5.41) is 23.3. The predicted molar refractivity (Wildman–Crippen MR) is 238 cm³/mol. The number of terminal acetylenes is 1. The zero-order valence-corrected chi connectivity index (χ0v) is 37.0. The second kappa shape index (κ2) is 65.7. The molecule has 0 unspecified atom stereocenters. The number of carboxylic acid groups (broad SMARTS) is 1. The molecule has 0 aromatic carbocycles. The second-order valence-electron chi connectivity index (χ2n) is 14.9. The van der Waals surface area contributed by atoms with Gasteiger partial charge in [0.1, 0.15) is 0 Å². The van der Waals surface area contributed by atoms with E-state index >= 15 is 0 Å². The van der Waals surface area contributed by atoms with Crippen LogP contribution in [0.2, 0.25) is 0 Å². The molecule has 322 valence electrons. The number of unbranched alkanes of at least 4 members (excludes halogenated alkanes) is 25. The molecular weight excluding hydrogens is 657 g/mol. The summed E-state index contributed by atoms with van der Waals surface area (Å²) in [6, 6.07) is 0. The van der Waals surface area contributed by atoms with Crippen molar-refractivity contribution >= 4 is 6.47 Å². The van der Waals surface area contributed by atoms with Crippen molar-refractivity contribution in [3.63, 3.8) is 0 Å². The minimum atomic E-state index is -0.250. The normalized spacial score (nSPS) is 10.3. The van der Waals surface area contributed by atoms with E-state index in [-0.39, 0.29) is 6.47 Å². The van der Waals surface area contributed by atoms with Gasteiger partial charge in [-0.1, -0.05) is 220 Å². The Balaban J connectivity index is -0.000000402. The average Bonchev–Trinajstić information content (AvgIpc) is 3.18. The summed E-state index contributed by atoms with van der Waals surface area (Å²) in [6.07, 6.45) is 54.3. The number of hydrogen-bond donors (Lipinski definition) is 4. The first-order chi connectivity index (χ1) is 26.1. The van der Waals surface area contributed by atoms with Crippen LogP contribution in [0.3, 0.4) is 0 Å². The van der Waals surface area contributed by atoms with Crippen LogP contribution in [0, 0.1) is 18.8 Å². The third kappa shape index (κ3) is 66.1. The van der Waals surface area contributed by atoms with Gasteiger partial charge in [0.2, 0.25) is 0 Å². The summed E-state index contributed by atoms with van der Waals surface area (Å²) in [4.78, 5) is 10.9. The summed E-state index contributed by atoms with van der Waals surface area (Å²) < 4.78 is 0. The lowest BCUT2D eigenvalue weighted by Gasteiger charge is -2.21. The van der Waals surface area contributed by atoms with Gasteiger partial charge in [0.15, 0.2) is 0 Å². The van der Waals surface area contributed by atoms with E-state index in [9.17, 15) is 5.11 Å². The first-order valence-corrected chi connectivity index (χ1v) is 23.0. The Morgan fingerprint density at radius 3 is 0.981 bits per heavy atom. The highest BCUT2D eigenvalue weighted by Gasteiger charge is 2.09. The molecule has 0 fully saturated rings. The smallest absolute Gasteiger partial charge is 0.290 e. The molecular formula is C47H100N2O4. The van der Waals surface area contributed by atoms with Gasteiger partial charge in [-0.05, 0) is 44.8 Å². The standard InChI is InChI=1S/C34H72N2O.C9H20.C2H2.CH2O2.CH4O/c1-3-5-7-9-14-20-26-34(27-21-15-10-8-6-4-2)28-22-16-13-19-25-31-36(32-33-37)30-24-18-12-11-17-23-29-35;1-3-5-7-9-8-6-4-2;1-2;2-1-3;1-2/h34,37H,3-33,35H2,1-2H3;3-9H2,1-2H3;1-2H;1H,(H,2,3);2H,1H3. The van der Waals surface area contributed by atoms with Crippen LogP contribution in [0.15, 0.2) is 0 Å². The molecule has 0 saturated carbocycles. The van der Waals surface area contributed by atoms with E-state index in [4.69, 9.17) is 20.7 Å². The minimum absolute atomic E-state index is 0.250. The van der Waals surface area contributed by atoms with Crippen molar-refractivity contribution in [1.29, 1.82) is 0 Å². The van der Waals surface area contributed by atoms with Crippen molar-refractivity contribution in [2.24, 2.45) is 11.7 Å². The van der Waals surface area contributed by atoms with Gasteiger partial charge < -0.3 is 26.0 Å². The van der Waals surface area contributed by atoms with Gasteiger partial charge >= 0.3 is 0 Å². The molecule has 0 aliphatic carbocycles. The van der Waals surface area contributed by atoms with E-state index in [0.717, 1.165) is 32.7 Å². The van der Waals surface area contributed by atoms with Crippen molar-refractivity contribution < 1.29 is 20.1 Å². The quantitative estimate of drug-likeness (QED) is 0.0284. The number of rotatable bonds is 38. The predicted octanol–water partition coefficient (Wildman–Crippen LogP) is 13.4. The maximum Gasteiger partial charge on any atom is 0.290 e. The lowest BCUT2D eigenvalue weighted by atomic mass is 9.89. The molecule has 0 aliphatic rings. The molecule has 0 aromatic rings. The molecule has 0 aliphatic heterocycles. The maximum absolute atomic E-state index is 9.44. The Labute approximate surface area is 334 Å². The molecule has 0 saturated heterocycles. The van der Waals surface area contributed by atoms with Gasteiger partial charge in [0.25, 0.3) is 6.47 Å². The van der Waals surface area contributed by atoms with E-state index in [1.54, 1.807) is 0 Å². The van der Waals surface area contributed by atoms with Gasteiger partial charge in [-0.2, -0.15) is 0 Å². The fourth-order valence-electron chi connectivity index (χ4n) is 6.85. The average molecular weight is 757 g/mol. The minimum Gasteiger partial charge on any atom is -0.483 e. The number of nitrogens with two attached hydrogens (primary N) is 1. The highest BCUT2D eigenvalue weighted by atomic mass is 16.3. The molecule has 6 nitrogen and oxygen atoms in total. The molecule has 0 bridgehead atoms. The van der Waals surface area contributed by atoms with Crippen LogP contribution in [-0.4, -0.2) is 66.6 Å². The van der Waals surface area contributed by atoms with Crippen LogP contribution >= 0.6 is 0 Å². The molecule has 0 heterocycles. The molecule has 0 amide bonds. The summed E-state index contributed by atoms with van der Waals surface area (Å²) in [6.45, 7) is 13.2. The zero-order chi connectivity index (χ0) is 40.7. The van der Waals surface area contributed by atoms with Crippen molar-refractivity contribution in [2.75, 3.05) is 39.9 Å². The fourth-order valence-corrected chi connectivity index (χ4v) is 6.85. The second-order valence-corrected chi connectivity index (χ2v) is 14.9. The first-order valence-electron chi connectivity index (χ1n) is 23.0. The zero-order valence-electron chi connectivity index (χ0n) is 37.0. The molecule has 6 heteroatoms. The van der Waals surface area contributed by atoms with E-state index in [2.05, 4.69) is 45.4 Å². The van der Waals surface area contributed by atoms with Crippen LogP contribution < -0.4 is 5.73 Å². The number of nitrogens with zero attached hydrogens (tertiary/aromatic N) is 1. The molecule has 0 atom stereocenters. The first kappa shape index (κ1) is 61.1. The molecule has 0 rings (SSSR count). The maximum atomic E-state index is 9.44. The van der Waals surface area contributed by atoms with E-state index in [1.165, 1.54) is 218 Å². The van der Waals surface area contributed by atoms with Crippen LogP contribution in [0.4, 0.5) is 0 Å². The van der Waals surface area contributed by atoms with Crippen molar-refractivity contribution in [1.82, 2.24) is 4.90 Å². The highest BCUT2D eigenvalue weighted by molar-refractivity contribution is 5.32. The molecule has 53 heavy (non-hydrogen) atoms. The SMILES string of the molecule is C#C.CCCCCCCCC.CCCCCCCCC(CCCCCCCC)CCCCCCCN(CCO)CCCCCCCCN.CO.O=CO. The van der Waals surface area contributed by atoms with Crippen LogP contribution in [0.25, 0.3) is 0 Å². The summed E-state index contributed by atoms with van der Waals surface area (Å²) >= 11 is 0. The fraction of sp³-hybridized carbons (Fsp3) is 0.936. The lowest BCUT2D eigenvalue weighted by Crippen LogP contribution is -2.29. The number of hydrogen-bond acceptors (Lipinski definition) is 5. The third-order valence-electron chi connectivity index (χ3n) is 10.1. The summed E-state index contributed by atoms with van der Waals surface area (Å²) in [5.74, 6) is 0.993.